The van der Waals surface area contributed by atoms with Gasteiger partial charge in [-0.15, -0.1) is 0 Å². The summed E-state index contributed by atoms with van der Waals surface area (Å²) in [6.45, 7) is 4.26. The van der Waals surface area contributed by atoms with E-state index in [0.29, 0.717) is 19.7 Å². The lowest BCUT2D eigenvalue weighted by molar-refractivity contribution is 0.121. The standard InChI is InChI=1S/C22H26N4O2/c1-2-12-28-17-20-9-7-6-8-19(20)15-24-22(27)23-13-18-14-25-26(16-18)21-10-4-3-5-11-21/h3-11,14,16H,2,12-13,15,17H2,1H3,(H2,23,24,27). The summed E-state index contributed by atoms with van der Waals surface area (Å²) < 4.78 is 7.42. The second-order valence-electron chi connectivity index (χ2n) is 6.49. The molecule has 0 radical (unpaired) electrons. The highest BCUT2D eigenvalue weighted by molar-refractivity contribution is 5.73. The zero-order chi connectivity index (χ0) is 19.6. The maximum Gasteiger partial charge on any atom is 0.315 e. The highest BCUT2D eigenvalue weighted by Crippen LogP contribution is 2.10. The number of ether oxygens (including phenoxy) is 1. The van der Waals surface area contributed by atoms with Crippen LogP contribution < -0.4 is 10.6 Å². The second-order valence-corrected chi connectivity index (χ2v) is 6.49. The minimum absolute atomic E-state index is 0.211. The summed E-state index contributed by atoms with van der Waals surface area (Å²) in [5, 5.41) is 10.1. The van der Waals surface area contributed by atoms with E-state index in [0.717, 1.165) is 35.4 Å². The van der Waals surface area contributed by atoms with Crippen molar-refractivity contribution in [2.45, 2.75) is 33.0 Å². The van der Waals surface area contributed by atoms with Crippen LogP contribution in [0.15, 0.2) is 67.0 Å². The molecule has 0 aliphatic carbocycles. The molecular weight excluding hydrogens is 352 g/mol. The van der Waals surface area contributed by atoms with Crippen LogP contribution in [-0.4, -0.2) is 22.4 Å². The Balaban J connectivity index is 1.47. The molecule has 0 spiro atoms. The molecule has 2 N–H and O–H groups in total. The third-order valence-corrected chi connectivity index (χ3v) is 4.27. The van der Waals surface area contributed by atoms with Crippen molar-refractivity contribution in [3.05, 3.63) is 83.7 Å². The van der Waals surface area contributed by atoms with Crippen LogP contribution in [0, 0.1) is 0 Å². The van der Waals surface area contributed by atoms with Crippen LogP contribution in [0.1, 0.15) is 30.0 Å². The monoisotopic (exact) mass is 378 g/mol. The molecule has 3 aromatic rings. The van der Waals surface area contributed by atoms with Gasteiger partial charge in [-0.25, -0.2) is 9.48 Å². The molecule has 1 aromatic heterocycles. The van der Waals surface area contributed by atoms with E-state index in [1.807, 2.05) is 60.8 Å². The average molecular weight is 378 g/mol. The summed E-state index contributed by atoms with van der Waals surface area (Å²) in [5.41, 5.74) is 4.08. The summed E-state index contributed by atoms with van der Waals surface area (Å²) in [7, 11) is 0. The second kappa shape index (κ2) is 10.3. The number of carbonyl (C=O) groups is 1. The van der Waals surface area contributed by atoms with Crippen LogP contribution in [-0.2, 0) is 24.4 Å². The van der Waals surface area contributed by atoms with Crippen LogP contribution in [0.25, 0.3) is 5.69 Å². The number of para-hydroxylation sites is 1. The van der Waals surface area contributed by atoms with Gasteiger partial charge in [-0.2, -0.15) is 5.10 Å². The molecule has 3 rings (SSSR count). The van der Waals surface area contributed by atoms with Gasteiger partial charge in [0.2, 0.25) is 0 Å². The first-order chi connectivity index (χ1) is 13.8. The Hall–Kier alpha value is -3.12. The lowest BCUT2D eigenvalue weighted by Crippen LogP contribution is -2.34. The molecule has 0 atom stereocenters. The topological polar surface area (TPSA) is 68.2 Å². The molecule has 2 amide bonds. The van der Waals surface area contributed by atoms with E-state index >= 15 is 0 Å². The molecule has 28 heavy (non-hydrogen) atoms. The maximum atomic E-state index is 12.2. The van der Waals surface area contributed by atoms with Gasteiger partial charge < -0.3 is 15.4 Å². The predicted molar refractivity (Wildman–Crippen MR) is 109 cm³/mol. The fourth-order valence-corrected chi connectivity index (χ4v) is 2.79. The zero-order valence-corrected chi connectivity index (χ0v) is 16.1. The number of hydrogen-bond donors (Lipinski definition) is 2. The lowest BCUT2D eigenvalue weighted by atomic mass is 10.1. The van der Waals surface area contributed by atoms with Crippen LogP contribution in [0.5, 0.6) is 0 Å². The van der Waals surface area contributed by atoms with Crippen LogP contribution in [0.3, 0.4) is 0 Å². The molecule has 6 nitrogen and oxygen atoms in total. The summed E-state index contributed by atoms with van der Waals surface area (Å²) in [5.74, 6) is 0. The highest BCUT2D eigenvalue weighted by Gasteiger charge is 2.06. The first-order valence-corrected chi connectivity index (χ1v) is 9.51. The normalized spacial score (nSPS) is 10.6. The minimum atomic E-state index is -0.211. The minimum Gasteiger partial charge on any atom is -0.377 e. The van der Waals surface area contributed by atoms with Crippen molar-refractivity contribution >= 4 is 6.03 Å². The van der Waals surface area contributed by atoms with Crippen molar-refractivity contribution in [3.8, 4) is 5.69 Å². The van der Waals surface area contributed by atoms with E-state index < -0.39 is 0 Å². The summed E-state index contributed by atoms with van der Waals surface area (Å²) in [4.78, 5) is 12.2. The number of carbonyl (C=O) groups excluding carboxylic acids is 1. The van der Waals surface area contributed by atoms with Gasteiger partial charge in [-0.3, -0.25) is 0 Å². The van der Waals surface area contributed by atoms with Gasteiger partial charge in [0, 0.05) is 31.5 Å². The fraction of sp³-hybridized carbons (Fsp3) is 0.273. The number of rotatable bonds is 9. The highest BCUT2D eigenvalue weighted by atomic mass is 16.5. The van der Waals surface area contributed by atoms with Gasteiger partial charge in [0.15, 0.2) is 0 Å². The first kappa shape index (κ1) is 19.6. The van der Waals surface area contributed by atoms with Crippen molar-refractivity contribution in [3.63, 3.8) is 0 Å². The average Bonchev–Trinajstić information content (AvgIpc) is 3.21. The quantitative estimate of drug-likeness (QED) is 0.557. The smallest absolute Gasteiger partial charge is 0.315 e. The van der Waals surface area contributed by atoms with Crippen molar-refractivity contribution in [2.75, 3.05) is 6.61 Å². The molecule has 0 saturated heterocycles. The molecule has 0 aliphatic rings. The third kappa shape index (κ3) is 5.69. The van der Waals surface area contributed by atoms with E-state index in [-0.39, 0.29) is 6.03 Å². The molecule has 1 heterocycles. The number of benzene rings is 2. The van der Waals surface area contributed by atoms with Gasteiger partial charge in [-0.05, 0) is 29.7 Å². The number of hydrogen-bond acceptors (Lipinski definition) is 3. The molecule has 0 fully saturated rings. The Kier molecular flexibility index (Phi) is 7.21. The number of nitrogens with zero attached hydrogens (tertiary/aromatic N) is 2. The van der Waals surface area contributed by atoms with Gasteiger partial charge in [-0.1, -0.05) is 49.4 Å². The first-order valence-electron chi connectivity index (χ1n) is 9.51. The summed E-state index contributed by atoms with van der Waals surface area (Å²) in [6, 6.07) is 17.6. The SMILES string of the molecule is CCCOCc1ccccc1CNC(=O)NCc1cnn(-c2ccccc2)c1. The van der Waals surface area contributed by atoms with Gasteiger partial charge in [0.1, 0.15) is 0 Å². The summed E-state index contributed by atoms with van der Waals surface area (Å²) >= 11 is 0. The van der Waals surface area contributed by atoms with Crippen LogP contribution >= 0.6 is 0 Å². The number of urea groups is 1. The number of aromatic nitrogens is 2. The van der Waals surface area contributed by atoms with Crippen LogP contribution in [0.4, 0.5) is 4.79 Å². The van der Waals surface area contributed by atoms with Gasteiger partial charge >= 0.3 is 6.03 Å². The van der Waals surface area contributed by atoms with E-state index in [9.17, 15) is 4.79 Å². The molecule has 0 unspecified atom stereocenters. The Morgan fingerprint density at radius 1 is 1.00 bits per heavy atom. The van der Waals surface area contributed by atoms with Crippen LogP contribution in [0.2, 0.25) is 0 Å². The Labute approximate surface area is 165 Å². The lowest BCUT2D eigenvalue weighted by Gasteiger charge is -2.11. The van der Waals surface area contributed by atoms with Crippen molar-refractivity contribution in [2.24, 2.45) is 0 Å². The van der Waals surface area contributed by atoms with Crippen molar-refractivity contribution < 1.29 is 9.53 Å². The van der Waals surface area contributed by atoms with E-state index in [4.69, 9.17) is 4.74 Å². The molecular formula is C22H26N4O2. The number of nitrogens with one attached hydrogen (secondary N) is 2. The molecule has 146 valence electrons. The number of amides is 2. The Morgan fingerprint density at radius 2 is 1.71 bits per heavy atom. The fourth-order valence-electron chi connectivity index (χ4n) is 2.79. The predicted octanol–water partition coefficient (Wildman–Crippen LogP) is 3.80. The van der Waals surface area contributed by atoms with Crippen molar-refractivity contribution in [1.29, 1.82) is 0 Å². The Morgan fingerprint density at radius 3 is 2.50 bits per heavy atom. The third-order valence-electron chi connectivity index (χ3n) is 4.27. The molecule has 0 saturated carbocycles. The maximum absolute atomic E-state index is 12.2. The molecule has 2 aromatic carbocycles. The zero-order valence-electron chi connectivity index (χ0n) is 16.1. The molecule has 0 aliphatic heterocycles. The Bertz CT molecular complexity index is 877. The largest absolute Gasteiger partial charge is 0.377 e. The van der Waals surface area contributed by atoms with Gasteiger partial charge in [0.05, 0.1) is 18.5 Å². The van der Waals surface area contributed by atoms with Gasteiger partial charge in [0.25, 0.3) is 0 Å². The van der Waals surface area contributed by atoms with Crippen molar-refractivity contribution in [1.82, 2.24) is 20.4 Å². The van der Waals surface area contributed by atoms with E-state index in [2.05, 4.69) is 22.7 Å². The molecule has 6 heteroatoms. The van der Waals surface area contributed by atoms with E-state index in [1.54, 1.807) is 10.9 Å². The van der Waals surface area contributed by atoms with E-state index in [1.165, 1.54) is 0 Å². The summed E-state index contributed by atoms with van der Waals surface area (Å²) in [6.07, 6.45) is 4.66. The molecule has 0 bridgehead atoms.